The Morgan fingerprint density at radius 3 is 1.77 bits per heavy atom. The largest absolute Gasteiger partial charge is 0.465 e. The second kappa shape index (κ2) is 12.3. The van der Waals surface area contributed by atoms with Gasteiger partial charge in [0.05, 0.1) is 45.0 Å². The summed E-state index contributed by atoms with van der Waals surface area (Å²) in [5.41, 5.74) is 2.85. The Morgan fingerprint density at radius 1 is 0.771 bits per heavy atom. The van der Waals surface area contributed by atoms with Gasteiger partial charge in [-0.2, -0.15) is 0 Å². The summed E-state index contributed by atoms with van der Waals surface area (Å²) in [6.07, 6.45) is -2.72. The lowest BCUT2D eigenvalue weighted by Crippen LogP contribution is -2.61. The summed E-state index contributed by atoms with van der Waals surface area (Å²) in [5, 5.41) is 9.85. The highest BCUT2D eigenvalue weighted by atomic mass is 16.5. The number of nitrogens with zero attached hydrogens (tertiary/aromatic N) is 1. The summed E-state index contributed by atoms with van der Waals surface area (Å²) < 4.78 is 18.3. The molecule has 4 rings (SSSR count). The van der Waals surface area contributed by atoms with Gasteiger partial charge in [-0.1, -0.05) is 91.0 Å². The first-order valence-electron chi connectivity index (χ1n) is 11.6. The number of benzene rings is 3. The quantitative estimate of drug-likeness (QED) is 0.459. The Labute approximate surface area is 204 Å². The molecule has 7 nitrogen and oxygen atoms in total. The second-order valence-corrected chi connectivity index (χ2v) is 8.41. The van der Waals surface area contributed by atoms with Crippen molar-refractivity contribution in [2.45, 2.75) is 44.5 Å². The number of imide groups is 1. The van der Waals surface area contributed by atoms with Crippen LogP contribution in [0.1, 0.15) is 23.1 Å². The molecule has 35 heavy (non-hydrogen) atoms. The number of carbonyl (C=O) groups is 2. The molecular weight excluding hydrogens is 446 g/mol. The van der Waals surface area contributed by atoms with Crippen molar-refractivity contribution in [2.75, 3.05) is 6.61 Å². The first-order chi connectivity index (χ1) is 17.1. The van der Waals surface area contributed by atoms with Gasteiger partial charge in [0, 0.05) is 0 Å². The molecule has 1 fully saturated rings. The van der Waals surface area contributed by atoms with Gasteiger partial charge in [-0.15, -0.1) is 0 Å². The molecule has 1 saturated heterocycles. The average molecular weight is 476 g/mol. The summed E-state index contributed by atoms with van der Waals surface area (Å²) in [6, 6.07) is 28.0. The summed E-state index contributed by atoms with van der Waals surface area (Å²) in [4.78, 5) is 25.8. The molecule has 0 bridgehead atoms. The monoisotopic (exact) mass is 475 g/mol. The highest BCUT2D eigenvalue weighted by Crippen LogP contribution is 2.27. The summed E-state index contributed by atoms with van der Waals surface area (Å²) in [6.45, 7) is 0.833. The molecule has 1 aliphatic rings. The van der Waals surface area contributed by atoms with E-state index in [0.717, 1.165) is 21.6 Å². The standard InChI is InChI=1S/C28H29NO6/c30-26-16-25(34-18-22-12-6-2-7-13-22)27(35-19-23-14-8-3-9-15-23)24(29(26)28(31)32)20-33-17-21-10-4-1-5-11-21/h1-15,24-25,27H,16-20H2,(H,31,32)/t24-,25+,27+/m1/s1. The molecule has 1 N–H and O–H groups in total. The van der Waals surface area contributed by atoms with E-state index in [1.54, 1.807) is 0 Å². The SMILES string of the molecule is O=C(O)N1C(=O)C[C@H](OCc2ccccc2)[C@@H](OCc2ccccc2)[C@H]1COCc1ccccc1. The molecule has 3 aromatic rings. The van der Waals surface area contributed by atoms with E-state index in [1.807, 2.05) is 91.0 Å². The van der Waals surface area contributed by atoms with Crippen LogP contribution in [0.25, 0.3) is 0 Å². The lowest BCUT2D eigenvalue weighted by Gasteiger charge is -2.42. The Morgan fingerprint density at radius 2 is 1.26 bits per heavy atom. The molecule has 0 aliphatic carbocycles. The van der Waals surface area contributed by atoms with Crippen molar-refractivity contribution < 1.29 is 28.9 Å². The maximum absolute atomic E-state index is 12.9. The van der Waals surface area contributed by atoms with Gasteiger partial charge in [-0.3, -0.25) is 4.79 Å². The Balaban J connectivity index is 1.53. The Bertz CT molecular complexity index is 1080. The molecule has 0 spiro atoms. The van der Waals surface area contributed by atoms with Crippen molar-refractivity contribution in [2.24, 2.45) is 0 Å². The number of carbonyl (C=O) groups excluding carboxylic acids is 1. The smallest absolute Gasteiger partial charge is 0.414 e. The first-order valence-corrected chi connectivity index (χ1v) is 11.6. The van der Waals surface area contributed by atoms with Crippen LogP contribution in [0.2, 0.25) is 0 Å². The van der Waals surface area contributed by atoms with Crippen molar-refractivity contribution in [1.29, 1.82) is 0 Å². The third-order valence-electron chi connectivity index (χ3n) is 5.92. The van der Waals surface area contributed by atoms with Crippen LogP contribution in [0, 0.1) is 0 Å². The van der Waals surface area contributed by atoms with Gasteiger partial charge in [0.1, 0.15) is 6.10 Å². The van der Waals surface area contributed by atoms with Gasteiger partial charge in [0.2, 0.25) is 5.91 Å². The zero-order chi connectivity index (χ0) is 24.5. The van der Waals surface area contributed by atoms with E-state index in [9.17, 15) is 14.7 Å². The van der Waals surface area contributed by atoms with E-state index in [1.165, 1.54) is 0 Å². The maximum atomic E-state index is 12.9. The molecule has 2 amide bonds. The van der Waals surface area contributed by atoms with Crippen LogP contribution in [-0.2, 0) is 38.8 Å². The molecule has 0 unspecified atom stereocenters. The van der Waals surface area contributed by atoms with Gasteiger partial charge in [-0.25, -0.2) is 9.69 Å². The zero-order valence-electron chi connectivity index (χ0n) is 19.4. The van der Waals surface area contributed by atoms with Crippen molar-refractivity contribution in [1.82, 2.24) is 4.90 Å². The van der Waals surface area contributed by atoms with E-state index < -0.39 is 30.3 Å². The van der Waals surface area contributed by atoms with Gasteiger partial charge >= 0.3 is 6.09 Å². The first kappa shape index (κ1) is 24.6. The molecule has 0 radical (unpaired) electrons. The number of piperidine rings is 1. The Kier molecular flexibility index (Phi) is 8.62. The molecule has 0 saturated carbocycles. The van der Waals surface area contributed by atoms with E-state index in [2.05, 4.69) is 0 Å². The predicted octanol–water partition coefficient (Wildman–Crippen LogP) is 4.65. The topological polar surface area (TPSA) is 85.3 Å². The van der Waals surface area contributed by atoms with Crippen LogP contribution in [0.15, 0.2) is 91.0 Å². The molecule has 0 aromatic heterocycles. The molecule has 1 heterocycles. The number of hydrogen-bond donors (Lipinski definition) is 1. The minimum Gasteiger partial charge on any atom is -0.465 e. The van der Waals surface area contributed by atoms with Gasteiger partial charge in [0.15, 0.2) is 0 Å². The number of amides is 2. The van der Waals surface area contributed by atoms with Gasteiger partial charge in [-0.05, 0) is 16.7 Å². The molecule has 3 atom stereocenters. The molecular formula is C28H29NO6. The van der Waals surface area contributed by atoms with Crippen LogP contribution < -0.4 is 0 Å². The summed E-state index contributed by atoms with van der Waals surface area (Å²) in [5.74, 6) is -0.525. The van der Waals surface area contributed by atoms with Crippen LogP contribution in [0.5, 0.6) is 0 Å². The zero-order valence-corrected chi connectivity index (χ0v) is 19.4. The van der Waals surface area contributed by atoms with E-state index in [4.69, 9.17) is 14.2 Å². The third-order valence-corrected chi connectivity index (χ3v) is 5.92. The van der Waals surface area contributed by atoms with Crippen molar-refractivity contribution in [3.63, 3.8) is 0 Å². The number of hydrogen-bond acceptors (Lipinski definition) is 5. The summed E-state index contributed by atoms with van der Waals surface area (Å²) in [7, 11) is 0. The molecule has 7 heteroatoms. The van der Waals surface area contributed by atoms with E-state index in [-0.39, 0.29) is 26.2 Å². The van der Waals surface area contributed by atoms with Crippen LogP contribution >= 0.6 is 0 Å². The normalized spacial score (nSPS) is 20.1. The minimum atomic E-state index is -1.32. The van der Waals surface area contributed by atoms with Crippen molar-refractivity contribution >= 4 is 12.0 Å². The predicted molar refractivity (Wildman–Crippen MR) is 129 cm³/mol. The fourth-order valence-electron chi connectivity index (χ4n) is 4.17. The number of rotatable bonds is 10. The highest BCUT2D eigenvalue weighted by Gasteiger charge is 2.46. The van der Waals surface area contributed by atoms with Crippen LogP contribution in [0.3, 0.4) is 0 Å². The van der Waals surface area contributed by atoms with Crippen molar-refractivity contribution in [3.05, 3.63) is 108 Å². The number of carboxylic acid groups (broad SMARTS) is 1. The fourth-order valence-corrected chi connectivity index (χ4v) is 4.17. The number of ether oxygens (including phenoxy) is 3. The van der Waals surface area contributed by atoms with Gasteiger partial charge < -0.3 is 19.3 Å². The lowest BCUT2D eigenvalue weighted by atomic mass is 9.95. The van der Waals surface area contributed by atoms with E-state index in [0.29, 0.717) is 6.61 Å². The van der Waals surface area contributed by atoms with Crippen LogP contribution in [-0.4, -0.2) is 46.9 Å². The number of likely N-dealkylation sites (tertiary alicyclic amines) is 1. The average Bonchev–Trinajstić information content (AvgIpc) is 2.88. The summed E-state index contributed by atoms with van der Waals surface area (Å²) >= 11 is 0. The third kappa shape index (κ3) is 6.76. The highest BCUT2D eigenvalue weighted by molar-refractivity contribution is 5.92. The second-order valence-electron chi connectivity index (χ2n) is 8.41. The molecule has 182 valence electrons. The molecule has 1 aliphatic heterocycles. The maximum Gasteiger partial charge on any atom is 0.414 e. The van der Waals surface area contributed by atoms with Crippen molar-refractivity contribution in [3.8, 4) is 0 Å². The van der Waals surface area contributed by atoms with Gasteiger partial charge in [0.25, 0.3) is 0 Å². The van der Waals surface area contributed by atoms with E-state index >= 15 is 0 Å². The Hall–Kier alpha value is -3.52. The fraction of sp³-hybridized carbons (Fsp3) is 0.286. The lowest BCUT2D eigenvalue weighted by molar-refractivity contribution is -0.171. The molecule has 3 aromatic carbocycles. The minimum absolute atomic E-state index is 0.00239. The van der Waals surface area contributed by atoms with Crippen LogP contribution in [0.4, 0.5) is 4.79 Å².